The van der Waals surface area contributed by atoms with E-state index in [9.17, 15) is 14.4 Å². The summed E-state index contributed by atoms with van der Waals surface area (Å²) in [6, 6.07) is -0.826. The Labute approximate surface area is 179 Å². The molecule has 3 atom stereocenters. The van der Waals surface area contributed by atoms with Crippen LogP contribution < -0.4 is 5.32 Å². The smallest absolute Gasteiger partial charge is 0.407 e. The molecule has 0 unspecified atom stereocenters. The van der Waals surface area contributed by atoms with Gasteiger partial charge in [-0.15, -0.1) is 0 Å². The number of amides is 2. The van der Waals surface area contributed by atoms with Gasteiger partial charge in [0.25, 0.3) is 0 Å². The largest absolute Gasteiger partial charge is 0.469 e. The summed E-state index contributed by atoms with van der Waals surface area (Å²) in [6.07, 6.45) is 6.08. The Bertz CT molecular complexity index is 678. The number of carbonyl (C=O) groups excluding carboxylic acids is 3. The van der Waals surface area contributed by atoms with Crippen molar-refractivity contribution in [2.45, 2.75) is 90.8 Å². The Morgan fingerprint density at radius 3 is 2.40 bits per heavy atom. The van der Waals surface area contributed by atoms with E-state index in [1.54, 1.807) is 37.8 Å². The first-order chi connectivity index (χ1) is 13.8. The van der Waals surface area contributed by atoms with Crippen LogP contribution >= 0.6 is 0 Å². The Kier molecular flexibility index (Phi) is 9.09. The van der Waals surface area contributed by atoms with Crippen LogP contribution in [0, 0.1) is 0 Å². The summed E-state index contributed by atoms with van der Waals surface area (Å²) >= 11 is 0. The van der Waals surface area contributed by atoms with Crippen LogP contribution in [0.4, 0.5) is 4.79 Å². The fourth-order valence-corrected chi connectivity index (χ4v) is 3.46. The fourth-order valence-electron chi connectivity index (χ4n) is 3.46. The summed E-state index contributed by atoms with van der Waals surface area (Å²) in [5.41, 5.74) is -1.50. The maximum atomic E-state index is 12.7. The summed E-state index contributed by atoms with van der Waals surface area (Å²) in [4.78, 5) is 38.5. The van der Waals surface area contributed by atoms with Gasteiger partial charge in [-0.2, -0.15) is 0 Å². The van der Waals surface area contributed by atoms with Gasteiger partial charge in [-0.25, -0.2) is 4.79 Å². The number of carbonyl (C=O) groups is 3. The summed E-state index contributed by atoms with van der Waals surface area (Å²) in [5.74, 6) is -0.624. The Morgan fingerprint density at radius 1 is 1.23 bits per heavy atom. The minimum atomic E-state index is -0.830. The van der Waals surface area contributed by atoms with Crippen molar-refractivity contribution in [1.82, 2.24) is 10.2 Å². The first kappa shape index (κ1) is 25.7. The number of rotatable bonds is 7. The van der Waals surface area contributed by atoms with Gasteiger partial charge in [-0.1, -0.05) is 18.2 Å². The molecule has 0 aliphatic carbocycles. The van der Waals surface area contributed by atoms with Crippen LogP contribution in [0.5, 0.6) is 0 Å². The van der Waals surface area contributed by atoms with Crippen molar-refractivity contribution in [3.8, 4) is 0 Å². The molecule has 0 radical (unpaired) electrons. The molecular weight excluding hydrogens is 388 g/mol. The molecule has 0 bridgehead atoms. The molecule has 1 aliphatic rings. The van der Waals surface area contributed by atoms with Gasteiger partial charge < -0.3 is 24.4 Å². The molecule has 1 heterocycles. The van der Waals surface area contributed by atoms with E-state index in [4.69, 9.17) is 14.2 Å². The molecule has 170 valence electrons. The van der Waals surface area contributed by atoms with Gasteiger partial charge in [-0.05, 0) is 54.9 Å². The number of alkyl carbamates (subject to hydrolysis) is 1. The van der Waals surface area contributed by atoms with Crippen LogP contribution in [0.15, 0.2) is 24.3 Å². The standard InChI is InChI=1S/C22H36N2O6/c1-9-10-11-12-18(25)24-15(2)17(29-22(24,6)7)13-16(14-19(26)28-8)23-20(27)30-21(3,4)5/h9-12,15-17H,13-14H2,1-8H3,(H,23,27)/b10-9+,12-11+/t15-,16-,17-/m1/s1. The number of allylic oxidation sites excluding steroid dienone is 3. The minimum absolute atomic E-state index is 0.0299. The molecular formula is C22H36N2O6. The highest BCUT2D eigenvalue weighted by atomic mass is 16.6. The Hall–Kier alpha value is -2.35. The molecule has 1 saturated heterocycles. The molecule has 30 heavy (non-hydrogen) atoms. The number of ether oxygens (including phenoxy) is 3. The molecule has 2 amide bonds. The topological polar surface area (TPSA) is 94.2 Å². The SMILES string of the molecule is C/C=C/C=C/C(=O)N1[C@H](C)[C@@H](C[C@H](CC(=O)OC)NC(=O)OC(C)(C)C)OC1(C)C. The molecule has 0 aromatic heterocycles. The normalized spacial score (nSPS) is 22.3. The molecule has 1 fully saturated rings. The summed E-state index contributed by atoms with van der Waals surface area (Å²) in [5, 5.41) is 2.73. The predicted octanol–water partition coefficient (Wildman–Crippen LogP) is 3.32. The Morgan fingerprint density at radius 2 is 1.87 bits per heavy atom. The lowest BCUT2D eigenvalue weighted by atomic mass is 10.0. The highest BCUT2D eigenvalue weighted by molar-refractivity contribution is 5.88. The van der Waals surface area contributed by atoms with Crippen molar-refractivity contribution in [2.75, 3.05) is 7.11 Å². The van der Waals surface area contributed by atoms with E-state index in [1.807, 2.05) is 33.8 Å². The monoisotopic (exact) mass is 424 g/mol. The van der Waals surface area contributed by atoms with E-state index in [0.717, 1.165) is 0 Å². The molecule has 8 heteroatoms. The summed E-state index contributed by atoms with van der Waals surface area (Å²) < 4.78 is 16.2. The third-order valence-electron chi connectivity index (χ3n) is 4.62. The van der Waals surface area contributed by atoms with Gasteiger partial charge in [0.05, 0.1) is 25.7 Å². The lowest BCUT2D eigenvalue weighted by Gasteiger charge is -2.31. The number of hydrogen-bond donors (Lipinski definition) is 1. The molecule has 0 aromatic carbocycles. The van der Waals surface area contributed by atoms with Crippen molar-refractivity contribution < 1.29 is 28.6 Å². The quantitative estimate of drug-likeness (QED) is 0.383. The van der Waals surface area contributed by atoms with Crippen molar-refractivity contribution in [3.63, 3.8) is 0 Å². The van der Waals surface area contributed by atoms with E-state index in [2.05, 4.69) is 5.32 Å². The zero-order valence-electron chi connectivity index (χ0n) is 19.4. The van der Waals surface area contributed by atoms with Crippen LogP contribution in [0.2, 0.25) is 0 Å². The van der Waals surface area contributed by atoms with E-state index >= 15 is 0 Å². The second kappa shape index (κ2) is 10.6. The number of nitrogens with zero attached hydrogens (tertiary/aromatic N) is 1. The van der Waals surface area contributed by atoms with Crippen molar-refractivity contribution >= 4 is 18.0 Å². The van der Waals surface area contributed by atoms with Crippen molar-refractivity contribution in [1.29, 1.82) is 0 Å². The first-order valence-electron chi connectivity index (χ1n) is 10.2. The average molecular weight is 425 g/mol. The van der Waals surface area contributed by atoms with Gasteiger partial charge in [0.2, 0.25) is 5.91 Å². The van der Waals surface area contributed by atoms with Crippen LogP contribution in [0.3, 0.4) is 0 Å². The molecule has 0 spiro atoms. The summed E-state index contributed by atoms with van der Waals surface area (Å²) in [7, 11) is 1.29. The highest BCUT2D eigenvalue weighted by Gasteiger charge is 2.47. The molecule has 8 nitrogen and oxygen atoms in total. The maximum absolute atomic E-state index is 12.7. The molecule has 0 aromatic rings. The lowest BCUT2D eigenvalue weighted by molar-refractivity contribution is -0.142. The van der Waals surface area contributed by atoms with Gasteiger partial charge in [0.1, 0.15) is 11.3 Å². The minimum Gasteiger partial charge on any atom is -0.469 e. The van der Waals surface area contributed by atoms with E-state index in [-0.39, 0.29) is 24.5 Å². The van der Waals surface area contributed by atoms with Crippen LogP contribution in [0.25, 0.3) is 0 Å². The van der Waals surface area contributed by atoms with E-state index in [0.29, 0.717) is 6.42 Å². The van der Waals surface area contributed by atoms with E-state index in [1.165, 1.54) is 13.2 Å². The second-order valence-electron chi connectivity index (χ2n) is 8.80. The summed E-state index contributed by atoms with van der Waals surface area (Å²) in [6.45, 7) is 12.7. The first-order valence-corrected chi connectivity index (χ1v) is 10.2. The zero-order chi connectivity index (χ0) is 23.1. The number of methoxy groups -OCH3 is 1. The third kappa shape index (κ3) is 7.82. The number of nitrogens with one attached hydrogen (secondary N) is 1. The molecule has 1 aliphatic heterocycles. The van der Waals surface area contributed by atoms with Gasteiger partial charge in [0.15, 0.2) is 0 Å². The molecule has 1 rings (SSSR count). The highest BCUT2D eigenvalue weighted by Crippen LogP contribution is 2.34. The lowest BCUT2D eigenvalue weighted by Crippen LogP contribution is -2.47. The van der Waals surface area contributed by atoms with E-state index < -0.39 is 29.4 Å². The molecule has 1 N–H and O–H groups in total. The Balaban J connectivity index is 2.95. The van der Waals surface area contributed by atoms with Crippen LogP contribution in [0.1, 0.15) is 61.3 Å². The van der Waals surface area contributed by atoms with Crippen molar-refractivity contribution in [3.05, 3.63) is 24.3 Å². The maximum Gasteiger partial charge on any atom is 0.407 e. The number of esters is 1. The average Bonchev–Trinajstić information content (AvgIpc) is 2.81. The molecule has 0 saturated carbocycles. The van der Waals surface area contributed by atoms with Crippen molar-refractivity contribution in [2.24, 2.45) is 0 Å². The number of hydrogen-bond acceptors (Lipinski definition) is 6. The third-order valence-corrected chi connectivity index (χ3v) is 4.62. The zero-order valence-corrected chi connectivity index (χ0v) is 19.4. The van der Waals surface area contributed by atoms with Gasteiger partial charge >= 0.3 is 12.1 Å². The van der Waals surface area contributed by atoms with Crippen LogP contribution in [-0.2, 0) is 23.8 Å². The fraction of sp³-hybridized carbons (Fsp3) is 0.682. The van der Waals surface area contributed by atoms with Gasteiger partial charge in [0, 0.05) is 12.1 Å². The predicted molar refractivity (Wildman–Crippen MR) is 114 cm³/mol. The second-order valence-corrected chi connectivity index (χ2v) is 8.80. The van der Waals surface area contributed by atoms with Gasteiger partial charge in [-0.3, -0.25) is 9.59 Å². The van der Waals surface area contributed by atoms with Crippen LogP contribution in [-0.4, -0.2) is 59.5 Å².